The molecule has 1 aliphatic heterocycles. The van der Waals surface area contributed by atoms with E-state index in [9.17, 15) is 14.0 Å². The molecule has 1 aliphatic rings. The molecule has 3 nitrogen and oxygen atoms in total. The van der Waals surface area contributed by atoms with Crippen LogP contribution in [-0.2, 0) is 9.53 Å². The molecule has 3 rings (SSSR count). The molecule has 2 aromatic rings. The van der Waals surface area contributed by atoms with Gasteiger partial charge in [-0.15, -0.1) is 0 Å². The van der Waals surface area contributed by atoms with Crippen molar-refractivity contribution in [3.05, 3.63) is 82.9 Å². The fourth-order valence-corrected chi connectivity index (χ4v) is 3.14. The van der Waals surface area contributed by atoms with Crippen LogP contribution in [0, 0.1) is 5.82 Å². The van der Waals surface area contributed by atoms with Crippen LogP contribution in [0.15, 0.2) is 65.9 Å². The molecule has 0 saturated carbocycles. The van der Waals surface area contributed by atoms with Crippen LogP contribution in [0.2, 0.25) is 0 Å². The first-order chi connectivity index (χ1) is 11.5. The lowest BCUT2D eigenvalue weighted by Gasteiger charge is -2.20. The van der Waals surface area contributed by atoms with Crippen LogP contribution in [0.3, 0.4) is 0 Å². The minimum atomic E-state index is -0.822. The number of halogens is 1. The van der Waals surface area contributed by atoms with E-state index in [0.29, 0.717) is 22.5 Å². The molecule has 2 aromatic carbocycles. The first-order valence-corrected chi connectivity index (χ1v) is 7.72. The van der Waals surface area contributed by atoms with Crippen molar-refractivity contribution in [3.63, 3.8) is 0 Å². The Labute approximate surface area is 139 Å². The zero-order chi connectivity index (χ0) is 17.3. The van der Waals surface area contributed by atoms with Crippen molar-refractivity contribution in [2.75, 3.05) is 0 Å². The van der Waals surface area contributed by atoms with Crippen molar-refractivity contribution in [2.45, 2.75) is 25.9 Å². The predicted octanol–water partition coefficient (Wildman–Crippen LogP) is 4.05. The second kappa shape index (κ2) is 6.40. The highest BCUT2D eigenvalue weighted by atomic mass is 19.1. The molecule has 0 spiro atoms. The molecular weight excluding hydrogens is 307 g/mol. The van der Waals surface area contributed by atoms with Crippen LogP contribution in [-0.4, -0.2) is 17.7 Å². The summed E-state index contributed by atoms with van der Waals surface area (Å²) >= 11 is 0. The molecule has 0 fully saturated rings. The Kier molecular flexibility index (Phi) is 4.30. The van der Waals surface area contributed by atoms with Crippen molar-refractivity contribution in [3.8, 4) is 0 Å². The number of carbonyl (C=O) groups is 2. The number of allylic oxidation sites excluding steroid dienone is 1. The quantitative estimate of drug-likeness (QED) is 0.797. The van der Waals surface area contributed by atoms with Crippen LogP contribution >= 0.6 is 0 Å². The molecule has 0 bridgehead atoms. The average Bonchev–Trinajstić information content (AvgIpc) is 2.93. The maximum absolute atomic E-state index is 13.2. The summed E-state index contributed by atoms with van der Waals surface area (Å²) in [6, 6.07) is 14.7. The lowest BCUT2D eigenvalue weighted by atomic mass is 9.83. The minimum absolute atomic E-state index is 0.148. The molecule has 0 radical (unpaired) electrons. The highest BCUT2D eigenvalue weighted by Gasteiger charge is 2.42. The molecule has 122 valence electrons. The summed E-state index contributed by atoms with van der Waals surface area (Å²) in [6.45, 7) is 3.14. The van der Waals surface area contributed by atoms with Gasteiger partial charge < -0.3 is 4.74 Å². The van der Waals surface area contributed by atoms with Gasteiger partial charge in [-0.2, -0.15) is 0 Å². The van der Waals surface area contributed by atoms with Crippen molar-refractivity contribution >= 4 is 11.6 Å². The summed E-state index contributed by atoms with van der Waals surface area (Å²) in [7, 11) is 0. The Hall–Kier alpha value is -2.75. The summed E-state index contributed by atoms with van der Waals surface area (Å²) < 4.78 is 19.0. The van der Waals surface area contributed by atoms with Crippen molar-refractivity contribution < 1.29 is 18.7 Å². The van der Waals surface area contributed by atoms with E-state index in [2.05, 4.69) is 0 Å². The topological polar surface area (TPSA) is 43.4 Å². The number of ketones is 2. The average molecular weight is 324 g/mol. The Morgan fingerprint density at radius 2 is 1.62 bits per heavy atom. The fourth-order valence-electron chi connectivity index (χ4n) is 3.14. The van der Waals surface area contributed by atoms with Crippen molar-refractivity contribution in [1.29, 1.82) is 0 Å². The monoisotopic (exact) mass is 324 g/mol. The number of hydrogen-bond donors (Lipinski definition) is 0. The number of rotatable bonds is 4. The van der Waals surface area contributed by atoms with Crippen LogP contribution in [0.5, 0.6) is 0 Å². The van der Waals surface area contributed by atoms with Gasteiger partial charge in [0, 0.05) is 11.1 Å². The Bertz CT molecular complexity index is 807. The van der Waals surface area contributed by atoms with E-state index < -0.39 is 12.0 Å². The van der Waals surface area contributed by atoms with E-state index in [4.69, 9.17) is 4.74 Å². The van der Waals surface area contributed by atoms with Gasteiger partial charge in [-0.1, -0.05) is 42.5 Å². The number of carbonyl (C=O) groups excluding carboxylic acids is 2. The minimum Gasteiger partial charge on any atom is -0.485 e. The smallest absolute Gasteiger partial charge is 0.204 e. The first-order valence-electron chi connectivity index (χ1n) is 7.72. The van der Waals surface area contributed by atoms with E-state index >= 15 is 0 Å². The van der Waals surface area contributed by atoms with Gasteiger partial charge in [0.25, 0.3) is 0 Å². The van der Waals surface area contributed by atoms with Gasteiger partial charge in [-0.3, -0.25) is 9.59 Å². The van der Waals surface area contributed by atoms with Crippen LogP contribution in [0.1, 0.15) is 35.7 Å². The lowest BCUT2D eigenvalue weighted by Crippen LogP contribution is -2.28. The molecule has 0 aliphatic carbocycles. The van der Waals surface area contributed by atoms with Gasteiger partial charge in [0.1, 0.15) is 11.6 Å². The molecule has 1 heterocycles. The molecular formula is C20H17FO3. The van der Waals surface area contributed by atoms with Gasteiger partial charge in [-0.25, -0.2) is 4.39 Å². The Morgan fingerprint density at radius 1 is 1.00 bits per heavy atom. The van der Waals surface area contributed by atoms with Crippen molar-refractivity contribution in [2.24, 2.45) is 0 Å². The summed E-state index contributed by atoms with van der Waals surface area (Å²) in [5.41, 5.74) is 1.68. The van der Waals surface area contributed by atoms with E-state index in [1.54, 1.807) is 43.3 Å². The zero-order valence-electron chi connectivity index (χ0n) is 13.5. The zero-order valence-corrected chi connectivity index (χ0v) is 13.5. The molecule has 2 atom stereocenters. The number of ether oxygens (including phenoxy) is 1. The number of hydrogen-bond acceptors (Lipinski definition) is 3. The Balaban J connectivity index is 2.04. The highest BCUT2D eigenvalue weighted by molar-refractivity contribution is 6.04. The summed E-state index contributed by atoms with van der Waals surface area (Å²) in [4.78, 5) is 25.0. The maximum Gasteiger partial charge on any atom is 0.204 e. The van der Waals surface area contributed by atoms with E-state index in [1.807, 2.05) is 6.07 Å². The normalized spacial score (nSPS) is 20.0. The molecule has 0 N–H and O–H groups in total. The third kappa shape index (κ3) is 2.87. The van der Waals surface area contributed by atoms with Gasteiger partial charge in [0.2, 0.25) is 5.78 Å². The second-order valence-electron chi connectivity index (χ2n) is 5.82. The van der Waals surface area contributed by atoms with Crippen molar-refractivity contribution in [1.82, 2.24) is 0 Å². The van der Waals surface area contributed by atoms with E-state index in [0.717, 1.165) is 0 Å². The van der Waals surface area contributed by atoms with Gasteiger partial charge >= 0.3 is 0 Å². The lowest BCUT2D eigenvalue weighted by molar-refractivity contribution is -0.113. The van der Waals surface area contributed by atoms with Gasteiger partial charge in [0.15, 0.2) is 11.9 Å². The standard InChI is InChI=1S/C20H17FO3/c1-12(22)17-13(2)24-20(19(23)15-6-4-3-5-7-15)18(17)14-8-10-16(21)11-9-14/h3-11,18,20H,1-2H3/t18-,20-/m1/s1. The predicted molar refractivity (Wildman–Crippen MR) is 88.2 cm³/mol. The summed E-state index contributed by atoms with van der Waals surface area (Å²) in [5, 5.41) is 0. The molecule has 0 saturated heterocycles. The Morgan fingerprint density at radius 3 is 2.21 bits per heavy atom. The second-order valence-corrected chi connectivity index (χ2v) is 5.82. The van der Waals surface area contributed by atoms with Crippen LogP contribution < -0.4 is 0 Å². The third-order valence-corrected chi connectivity index (χ3v) is 4.22. The number of benzene rings is 2. The largest absolute Gasteiger partial charge is 0.485 e. The third-order valence-electron chi connectivity index (χ3n) is 4.22. The van der Waals surface area contributed by atoms with Gasteiger partial charge in [0.05, 0.1) is 5.92 Å². The molecule has 4 heteroatoms. The fraction of sp³-hybridized carbons (Fsp3) is 0.200. The maximum atomic E-state index is 13.2. The SMILES string of the molecule is CC(=O)C1=C(C)O[C@@H](C(=O)c2ccccc2)[C@@H]1c1ccc(F)cc1. The summed E-state index contributed by atoms with van der Waals surface area (Å²) in [6.07, 6.45) is -0.822. The molecule has 24 heavy (non-hydrogen) atoms. The summed E-state index contributed by atoms with van der Waals surface area (Å²) in [5.74, 6) is -0.790. The first kappa shape index (κ1) is 16.1. The van der Waals surface area contributed by atoms with Gasteiger partial charge in [-0.05, 0) is 31.5 Å². The number of Topliss-reactive ketones (excluding diaryl/α,β-unsaturated/α-hetero) is 2. The van der Waals surface area contributed by atoms with E-state index in [-0.39, 0.29) is 17.4 Å². The van der Waals surface area contributed by atoms with Crippen LogP contribution in [0.25, 0.3) is 0 Å². The van der Waals surface area contributed by atoms with E-state index in [1.165, 1.54) is 19.1 Å². The molecule has 0 amide bonds. The molecule has 0 unspecified atom stereocenters. The molecule has 0 aromatic heterocycles. The highest BCUT2D eigenvalue weighted by Crippen LogP contribution is 2.40. The van der Waals surface area contributed by atoms with Crippen LogP contribution in [0.4, 0.5) is 4.39 Å².